The summed E-state index contributed by atoms with van der Waals surface area (Å²) in [5, 5.41) is 1.000. The van der Waals surface area contributed by atoms with Gasteiger partial charge < -0.3 is 14.4 Å². The number of fused-ring (bicyclic) bond motifs is 1. The van der Waals surface area contributed by atoms with Gasteiger partial charge in [-0.25, -0.2) is 9.97 Å². The highest BCUT2D eigenvalue weighted by atomic mass is 32.1. The standard InChI is InChI=1S/C21H23N3O3S/c1-26-13-14-27-19-15(7-6-11-22-19)21(25)24-12-5-4-9-17(24)20-23-16-8-2-3-10-18(16)28-20/h2-3,6-8,10-11,17H,4-5,9,12-14H2,1H3. The first-order valence-corrected chi connectivity index (χ1v) is 10.3. The monoisotopic (exact) mass is 397 g/mol. The Morgan fingerprint density at radius 2 is 2.11 bits per heavy atom. The van der Waals surface area contributed by atoms with Crippen molar-refractivity contribution >= 4 is 27.5 Å². The van der Waals surface area contributed by atoms with Crippen LogP contribution in [-0.4, -0.2) is 47.6 Å². The molecule has 1 atom stereocenters. The van der Waals surface area contributed by atoms with Crippen molar-refractivity contribution in [2.45, 2.75) is 25.3 Å². The topological polar surface area (TPSA) is 64.6 Å². The predicted molar refractivity (Wildman–Crippen MR) is 109 cm³/mol. The van der Waals surface area contributed by atoms with Crippen LogP contribution in [0.5, 0.6) is 5.88 Å². The van der Waals surface area contributed by atoms with Gasteiger partial charge in [0, 0.05) is 19.9 Å². The molecular formula is C21H23N3O3S. The number of amides is 1. The molecule has 1 fully saturated rings. The minimum atomic E-state index is -0.0514. The van der Waals surface area contributed by atoms with E-state index in [2.05, 4.69) is 11.1 Å². The van der Waals surface area contributed by atoms with Crippen LogP contribution in [0.25, 0.3) is 10.2 Å². The van der Waals surface area contributed by atoms with Gasteiger partial charge in [-0.3, -0.25) is 4.79 Å². The van der Waals surface area contributed by atoms with Crippen LogP contribution < -0.4 is 4.74 Å². The van der Waals surface area contributed by atoms with Crippen molar-refractivity contribution in [3.05, 3.63) is 53.2 Å². The Hall–Kier alpha value is -2.51. The number of rotatable bonds is 6. The van der Waals surface area contributed by atoms with E-state index in [0.29, 0.717) is 31.2 Å². The summed E-state index contributed by atoms with van der Waals surface area (Å²) in [7, 11) is 1.62. The normalized spacial score (nSPS) is 17.0. The molecule has 6 nitrogen and oxygen atoms in total. The van der Waals surface area contributed by atoms with E-state index < -0.39 is 0 Å². The molecule has 1 aromatic carbocycles. The van der Waals surface area contributed by atoms with Crippen LogP contribution in [0.15, 0.2) is 42.6 Å². The lowest BCUT2D eigenvalue weighted by atomic mass is 10.0. The van der Waals surface area contributed by atoms with E-state index in [0.717, 1.165) is 34.5 Å². The molecule has 0 radical (unpaired) electrons. The molecule has 0 bridgehead atoms. The number of methoxy groups -OCH3 is 1. The molecule has 1 aliphatic heterocycles. The van der Waals surface area contributed by atoms with Crippen molar-refractivity contribution in [1.29, 1.82) is 0 Å². The largest absolute Gasteiger partial charge is 0.475 e. The second-order valence-electron chi connectivity index (χ2n) is 6.73. The number of ether oxygens (including phenoxy) is 2. The zero-order valence-corrected chi connectivity index (χ0v) is 16.7. The SMILES string of the molecule is COCCOc1ncccc1C(=O)N1CCCCC1c1nc2ccccc2s1. The van der Waals surface area contributed by atoms with Crippen LogP contribution >= 0.6 is 11.3 Å². The second-order valence-corrected chi connectivity index (χ2v) is 7.79. The Bertz CT molecular complexity index is 926. The predicted octanol–water partition coefficient (Wildman–Crippen LogP) is 4.08. The minimum Gasteiger partial charge on any atom is -0.475 e. The van der Waals surface area contributed by atoms with Crippen molar-refractivity contribution in [1.82, 2.24) is 14.9 Å². The van der Waals surface area contributed by atoms with E-state index in [1.807, 2.05) is 23.1 Å². The first-order chi connectivity index (χ1) is 13.8. The lowest BCUT2D eigenvalue weighted by molar-refractivity contribution is 0.0603. The first-order valence-electron chi connectivity index (χ1n) is 9.51. The van der Waals surface area contributed by atoms with Gasteiger partial charge in [-0.05, 0) is 43.5 Å². The van der Waals surface area contributed by atoms with Crippen LogP contribution in [0.4, 0.5) is 0 Å². The van der Waals surface area contributed by atoms with Gasteiger partial charge in [-0.15, -0.1) is 11.3 Å². The van der Waals surface area contributed by atoms with E-state index in [4.69, 9.17) is 14.5 Å². The number of aromatic nitrogens is 2. The van der Waals surface area contributed by atoms with Crippen LogP contribution in [0.2, 0.25) is 0 Å². The van der Waals surface area contributed by atoms with Crippen LogP contribution in [0.3, 0.4) is 0 Å². The van der Waals surface area contributed by atoms with Gasteiger partial charge in [0.15, 0.2) is 0 Å². The molecule has 146 valence electrons. The summed E-state index contributed by atoms with van der Waals surface area (Å²) in [5.41, 5.74) is 1.48. The maximum absolute atomic E-state index is 13.4. The highest BCUT2D eigenvalue weighted by Crippen LogP contribution is 2.37. The summed E-state index contributed by atoms with van der Waals surface area (Å²) in [6.07, 6.45) is 4.65. The molecule has 0 aliphatic carbocycles. The fourth-order valence-corrected chi connectivity index (χ4v) is 4.62. The Morgan fingerprint density at radius 3 is 2.96 bits per heavy atom. The first kappa shape index (κ1) is 18.8. The molecule has 0 spiro atoms. The number of hydrogen-bond donors (Lipinski definition) is 0. The van der Waals surface area contributed by atoms with Gasteiger partial charge in [-0.1, -0.05) is 12.1 Å². The molecule has 28 heavy (non-hydrogen) atoms. The number of hydrogen-bond acceptors (Lipinski definition) is 6. The number of likely N-dealkylation sites (tertiary alicyclic amines) is 1. The number of benzene rings is 1. The van der Waals surface area contributed by atoms with Crippen molar-refractivity contribution in [2.24, 2.45) is 0 Å². The highest BCUT2D eigenvalue weighted by molar-refractivity contribution is 7.18. The van der Waals surface area contributed by atoms with E-state index in [1.54, 1.807) is 36.8 Å². The van der Waals surface area contributed by atoms with Gasteiger partial charge in [0.25, 0.3) is 5.91 Å². The number of piperidine rings is 1. The van der Waals surface area contributed by atoms with Crippen molar-refractivity contribution in [3.63, 3.8) is 0 Å². The van der Waals surface area contributed by atoms with Gasteiger partial charge in [0.05, 0.1) is 22.9 Å². The molecule has 0 N–H and O–H groups in total. The number of thiazole rings is 1. The molecule has 2 aromatic heterocycles. The lowest BCUT2D eigenvalue weighted by Gasteiger charge is -2.34. The Morgan fingerprint density at radius 1 is 1.21 bits per heavy atom. The summed E-state index contributed by atoms with van der Waals surface area (Å²) in [4.78, 5) is 24.4. The molecular weight excluding hydrogens is 374 g/mol. The van der Waals surface area contributed by atoms with Crippen LogP contribution in [-0.2, 0) is 4.74 Å². The zero-order valence-electron chi connectivity index (χ0n) is 15.8. The molecule has 3 aromatic rings. The van der Waals surface area contributed by atoms with Gasteiger partial charge in [-0.2, -0.15) is 0 Å². The fraction of sp³-hybridized carbons (Fsp3) is 0.381. The van der Waals surface area contributed by atoms with E-state index in [1.165, 1.54) is 0 Å². The van der Waals surface area contributed by atoms with Crippen LogP contribution in [0, 0.1) is 0 Å². The fourth-order valence-electron chi connectivity index (χ4n) is 3.51. The smallest absolute Gasteiger partial charge is 0.259 e. The average molecular weight is 398 g/mol. The molecule has 1 unspecified atom stereocenters. The second kappa shape index (κ2) is 8.67. The number of carbonyl (C=O) groups excluding carboxylic acids is 1. The van der Waals surface area contributed by atoms with Crippen molar-refractivity contribution < 1.29 is 14.3 Å². The van der Waals surface area contributed by atoms with Crippen LogP contribution in [0.1, 0.15) is 40.7 Å². The molecule has 3 heterocycles. The average Bonchev–Trinajstić information content (AvgIpc) is 3.18. The molecule has 1 saturated heterocycles. The number of pyridine rings is 1. The lowest BCUT2D eigenvalue weighted by Crippen LogP contribution is -2.38. The number of nitrogens with zero attached hydrogens (tertiary/aromatic N) is 3. The minimum absolute atomic E-state index is 0.00863. The summed E-state index contributed by atoms with van der Waals surface area (Å²) < 4.78 is 11.9. The maximum atomic E-state index is 13.4. The number of carbonyl (C=O) groups is 1. The highest BCUT2D eigenvalue weighted by Gasteiger charge is 2.32. The molecule has 1 aliphatic rings. The van der Waals surface area contributed by atoms with Gasteiger partial charge >= 0.3 is 0 Å². The summed E-state index contributed by atoms with van der Waals surface area (Å²) in [6, 6.07) is 11.7. The Kier molecular flexibility index (Phi) is 5.83. The quantitative estimate of drug-likeness (QED) is 0.586. The third-order valence-electron chi connectivity index (χ3n) is 4.89. The molecule has 7 heteroatoms. The third kappa shape index (κ3) is 3.86. The van der Waals surface area contributed by atoms with Gasteiger partial charge in [0.2, 0.25) is 5.88 Å². The van der Waals surface area contributed by atoms with E-state index >= 15 is 0 Å². The maximum Gasteiger partial charge on any atom is 0.259 e. The zero-order chi connectivity index (χ0) is 19.3. The summed E-state index contributed by atoms with van der Waals surface area (Å²) >= 11 is 1.67. The van der Waals surface area contributed by atoms with E-state index in [9.17, 15) is 4.79 Å². The van der Waals surface area contributed by atoms with Crippen molar-refractivity contribution in [3.8, 4) is 5.88 Å². The molecule has 4 rings (SSSR count). The molecule has 0 saturated carbocycles. The van der Waals surface area contributed by atoms with E-state index in [-0.39, 0.29) is 11.9 Å². The van der Waals surface area contributed by atoms with Crippen molar-refractivity contribution in [2.75, 3.05) is 26.9 Å². The third-order valence-corrected chi connectivity index (χ3v) is 6.02. The summed E-state index contributed by atoms with van der Waals surface area (Å²) in [5.74, 6) is 0.308. The summed E-state index contributed by atoms with van der Waals surface area (Å²) in [6.45, 7) is 1.52. The number of para-hydroxylation sites is 1. The van der Waals surface area contributed by atoms with Gasteiger partial charge in [0.1, 0.15) is 17.2 Å². The Labute approximate surface area is 168 Å². The molecule has 1 amide bonds. The Balaban J connectivity index is 1.62.